The summed E-state index contributed by atoms with van der Waals surface area (Å²) in [6.07, 6.45) is 4.29. The molecule has 78 valence electrons. The Morgan fingerprint density at radius 2 is 1.85 bits per heavy atom. The molecule has 0 aromatic rings. The Kier molecular flexibility index (Phi) is 5.35. The smallest absolute Gasteiger partial charge is 0.0319 e. The molecule has 0 aromatic heterocycles. The van der Waals surface area contributed by atoms with Crippen LogP contribution in [0.5, 0.6) is 0 Å². The minimum Gasteiger partial charge on any atom is -0.400 e. The van der Waals surface area contributed by atoms with Gasteiger partial charge in [-0.2, -0.15) is 0 Å². The second-order valence-electron chi connectivity index (χ2n) is 3.86. The van der Waals surface area contributed by atoms with E-state index in [1.54, 1.807) is 0 Å². The predicted molar refractivity (Wildman–Crippen MR) is 54.8 cm³/mol. The van der Waals surface area contributed by atoms with Crippen LogP contribution in [0.25, 0.3) is 0 Å². The summed E-state index contributed by atoms with van der Waals surface area (Å²) >= 11 is 0. The summed E-state index contributed by atoms with van der Waals surface area (Å²) in [5.41, 5.74) is 0. The van der Waals surface area contributed by atoms with Gasteiger partial charge in [0.15, 0.2) is 0 Å². The monoisotopic (exact) mass is 186 g/mol. The molecule has 3 heteroatoms. The van der Waals surface area contributed by atoms with Crippen molar-refractivity contribution in [1.82, 2.24) is 10.2 Å². The van der Waals surface area contributed by atoms with E-state index in [2.05, 4.69) is 10.2 Å². The van der Waals surface area contributed by atoms with Gasteiger partial charge in [-0.3, -0.25) is 0 Å². The molecule has 0 aliphatic carbocycles. The molecule has 0 saturated carbocycles. The molecule has 0 spiro atoms. The Bertz CT molecular complexity index is 120. The van der Waals surface area contributed by atoms with Crippen molar-refractivity contribution in [3.63, 3.8) is 0 Å². The molecule has 3 nitrogen and oxygen atoms in total. The van der Waals surface area contributed by atoms with E-state index in [0.717, 1.165) is 13.0 Å². The number of aliphatic hydroxyl groups excluding tert-OH is 1. The van der Waals surface area contributed by atoms with Crippen LogP contribution in [0, 0.1) is 5.92 Å². The fourth-order valence-electron chi connectivity index (χ4n) is 1.92. The van der Waals surface area contributed by atoms with Crippen LogP contribution in [-0.4, -0.2) is 49.8 Å². The Labute approximate surface area is 81.1 Å². The summed E-state index contributed by atoms with van der Waals surface area (Å²) in [6, 6.07) is 0. The average molecular weight is 186 g/mol. The highest BCUT2D eigenvalue weighted by molar-refractivity contribution is 4.76. The van der Waals surface area contributed by atoms with Crippen molar-refractivity contribution >= 4 is 0 Å². The molecule has 0 aromatic carbocycles. The van der Waals surface area contributed by atoms with Crippen molar-refractivity contribution in [3.8, 4) is 0 Å². The summed E-state index contributed by atoms with van der Waals surface area (Å²) in [5, 5.41) is 10.3. The molecule has 2 aliphatic heterocycles. The van der Waals surface area contributed by atoms with Crippen LogP contribution in [0.2, 0.25) is 0 Å². The molecule has 0 radical (unpaired) electrons. The van der Waals surface area contributed by atoms with E-state index in [4.69, 9.17) is 5.11 Å². The first-order chi connectivity index (χ1) is 6.45. The number of aliphatic hydroxyl groups is 1. The topological polar surface area (TPSA) is 35.5 Å². The van der Waals surface area contributed by atoms with E-state index in [1.165, 1.54) is 52.0 Å². The lowest BCUT2D eigenvalue weighted by Crippen LogP contribution is -2.43. The molecular formula is C10H22N2O. The Morgan fingerprint density at radius 1 is 1.23 bits per heavy atom. The van der Waals surface area contributed by atoms with Gasteiger partial charge in [0, 0.05) is 7.11 Å². The summed E-state index contributed by atoms with van der Waals surface area (Å²) in [5.74, 6) is 0.996. The molecule has 13 heavy (non-hydrogen) atoms. The maximum absolute atomic E-state index is 7.00. The maximum Gasteiger partial charge on any atom is 0.0319 e. The molecule has 0 atom stereocenters. The van der Waals surface area contributed by atoms with Crippen LogP contribution in [0.1, 0.15) is 19.3 Å². The summed E-state index contributed by atoms with van der Waals surface area (Å²) in [6.45, 7) is 6.62. The lowest BCUT2D eigenvalue weighted by atomic mass is 9.99. The largest absolute Gasteiger partial charge is 0.400 e. The highest BCUT2D eigenvalue weighted by atomic mass is 16.2. The molecule has 0 amide bonds. The molecule has 2 N–H and O–H groups in total. The van der Waals surface area contributed by atoms with Crippen molar-refractivity contribution in [3.05, 3.63) is 0 Å². The number of rotatable bonds is 3. The standard InChI is InChI=1S/C9H18N2.CH4O/c1-2-5-11(4-1)6-3-9-7-10-8-9;1-2/h9-10H,1-8H2;2H,1H3. The number of nitrogens with one attached hydrogen (secondary N) is 1. The molecule has 2 heterocycles. The summed E-state index contributed by atoms with van der Waals surface area (Å²) < 4.78 is 0. The van der Waals surface area contributed by atoms with Gasteiger partial charge in [0.1, 0.15) is 0 Å². The zero-order chi connectivity index (χ0) is 9.52. The van der Waals surface area contributed by atoms with Gasteiger partial charge in [0.2, 0.25) is 0 Å². The number of hydrogen-bond donors (Lipinski definition) is 2. The Hall–Kier alpha value is -0.120. The Balaban J connectivity index is 0.000000396. The van der Waals surface area contributed by atoms with E-state index in [0.29, 0.717) is 0 Å². The lowest BCUT2D eigenvalue weighted by Gasteiger charge is -2.28. The highest BCUT2D eigenvalue weighted by Crippen LogP contribution is 2.12. The van der Waals surface area contributed by atoms with E-state index < -0.39 is 0 Å². The second-order valence-corrected chi connectivity index (χ2v) is 3.86. The van der Waals surface area contributed by atoms with Crippen LogP contribution in [0.15, 0.2) is 0 Å². The van der Waals surface area contributed by atoms with Crippen LogP contribution < -0.4 is 5.32 Å². The lowest BCUT2D eigenvalue weighted by molar-refractivity contribution is 0.257. The van der Waals surface area contributed by atoms with Gasteiger partial charge < -0.3 is 15.3 Å². The third kappa shape index (κ3) is 3.63. The van der Waals surface area contributed by atoms with Gasteiger partial charge in [0.25, 0.3) is 0 Å². The minimum atomic E-state index is 0.996. The molecular weight excluding hydrogens is 164 g/mol. The average Bonchev–Trinajstić information content (AvgIpc) is 2.58. The van der Waals surface area contributed by atoms with Crippen LogP contribution in [-0.2, 0) is 0 Å². The zero-order valence-electron chi connectivity index (χ0n) is 8.63. The fourth-order valence-corrected chi connectivity index (χ4v) is 1.92. The minimum absolute atomic E-state index is 0.996. The second kappa shape index (κ2) is 6.35. The van der Waals surface area contributed by atoms with Gasteiger partial charge in [-0.1, -0.05) is 0 Å². The van der Waals surface area contributed by atoms with Crippen molar-refractivity contribution in [1.29, 1.82) is 0 Å². The Morgan fingerprint density at radius 3 is 2.31 bits per heavy atom. The third-order valence-electron chi connectivity index (χ3n) is 2.92. The maximum atomic E-state index is 7.00. The normalized spacial score (nSPS) is 23.5. The molecule has 0 unspecified atom stereocenters. The van der Waals surface area contributed by atoms with E-state index in [-0.39, 0.29) is 0 Å². The molecule has 2 saturated heterocycles. The molecule has 2 fully saturated rings. The van der Waals surface area contributed by atoms with Crippen LogP contribution in [0.4, 0.5) is 0 Å². The molecule has 2 rings (SSSR count). The first kappa shape index (κ1) is 11.0. The van der Waals surface area contributed by atoms with Crippen molar-refractivity contribution in [2.24, 2.45) is 5.92 Å². The molecule has 0 bridgehead atoms. The summed E-state index contributed by atoms with van der Waals surface area (Å²) in [7, 11) is 1.00. The van der Waals surface area contributed by atoms with Gasteiger partial charge in [-0.25, -0.2) is 0 Å². The van der Waals surface area contributed by atoms with E-state index >= 15 is 0 Å². The van der Waals surface area contributed by atoms with E-state index in [1.807, 2.05) is 0 Å². The summed E-state index contributed by atoms with van der Waals surface area (Å²) in [4.78, 5) is 2.61. The van der Waals surface area contributed by atoms with Crippen LogP contribution in [0.3, 0.4) is 0 Å². The number of nitrogens with zero attached hydrogens (tertiary/aromatic N) is 1. The first-order valence-corrected chi connectivity index (χ1v) is 5.33. The molecule has 2 aliphatic rings. The predicted octanol–water partition coefficient (Wildman–Crippen LogP) is 0.300. The van der Waals surface area contributed by atoms with Gasteiger partial charge >= 0.3 is 0 Å². The quantitative estimate of drug-likeness (QED) is 0.665. The number of likely N-dealkylation sites (tertiary alicyclic amines) is 1. The fraction of sp³-hybridized carbons (Fsp3) is 1.00. The first-order valence-electron chi connectivity index (χ1n) is 5.33. The van der Waals surface area contributed by atoms with Crippen molar-refractivity contribution in [2.45, 2.75) is 19.3 Å². The van der Waals surface area contributed by atoms with Gasteiger partial charge in [-0.05, 0) is 57.9 Å². The third-order valence-corrected chi connectivity index (χ3v) is 2.92. The SMILES string of the molecule is C1CCN(CCC2CNC2)C1.CO. The van der Waals surface area contributed by atoms with E-state index in [9.17, 15) is 0 Å². The zero-order valence-corrected chi connectivity index (χ0v) is 8.63. The van der Waals surface area contributed by atoms with Gasteiger partial charge in [-0.15, -0.1) is 0 Å². The van der Waals surface area contributed by atoms with Crippen molar-refractivity contribution in [2.75, 3.05) is 39.8 Å². The van der Waals surface area contributed by atoms with Crippen LogP contribution >= 0.6 is 0 Å². The van der Waals surface area contributed by atoms with Gasteiger partial charge in [0.05, 0.1) is 0 Å². The number of hydrogen-bond acceptors (Lipinski definition) is 3. The highest BCUT2D eigenvalue weighted by Gasteiger charge is 2.18. The van der Waals surface area contributed by atoms with Crippen molar-refractivity contribution < 1.29 is 5.11 Å².